The van der Waals surface area contributed by atoms with E-state index in [4.69, 9.17) is 11.6 Å². The molecule has 0 aliphatic carbocycles. The standard InChI is InChI=1S/C14H16ClN5O2/c1-20-7-16-6-11(20)13-9(2-3-12(21)19-13)18-14(22)10-4-8(15)5-17-10/h4-7,9,13,17H,2-3H2,1H3,(H,18,22)(H,19,21)/t9-,13-/m1/s1. The fourth-order valence-electron chi connectivity index (χ4n) is 2.65. The highest BCUT2D eigenvalue weighted by Gasteiger charge is 2.33. The Balaban J connectivity index is 1.79. The summed E-state index contributed by atoms with van der Waals surface area (Å²) in [5.74, 6) is -0.278. The third-order valence-electron chi connectivity index (χ3n) is 3.78. The minimum atomic E-state index is -0.303. The van der Waals surface area contributed by atoms with Crippen molar-refractivity contribution >= 4 is 23.4 Å². The van der Waals surface area contributed by atoms with Gasteiger partial charge in [0.1, 0.15) is 5.69 Å². The summed E-state index contributed by atoms with van der Waals surface area (Å²) in [4.78, 5) is 30.9. The number of carbonyl (C=O) groups is 2. The Morgan fingerprint density at radius 3 is 3.00 bits per heavy atom. The minimum Gasteiger partial charge on any atom is -0.356 e. The lowest BCUT2D eigenvalue weighted by atomic mass is 9.95. The van der Waals surface area contributed by atoms with Gasteiger partial charge in [-0.2, -0.15) is 0 Å². The number of amides is 2. The van der Waals surface area contributed by atoms with Gasteiger partial charge in [0.2, 0.25) is 5.91 Å². The smallest absolute Gasteiger partial charge is 0.268 e. The first-order valence-corrected chi connectivity index (χ1v) is 7.33. The van der Waals surface area contributed by atoms with Gasteiger partial charge >= 0.3 is 0 Å². The molecule has 3 N–H and O–H groups in total. The molecule has 2 aromatic rings. The molecule has 0 aromatic carbocycles. The van der Waals surface area contributed by atoms with Crippen molar-refractivity contribution in [3.63, 3.8) is 0 Å². The first-order chi connectivity index (χ1) is 10.5. The second-order valence-electron chi connectivity index (χ2n) is 5.32. The Morgan fingerprint density at radius 2 is 2.36 bits per heavy atom. The highest BCUT2D eigenvalue weighted by Crippen LogP contribution is 2.24. The van der Waals surface area contributed by atoms with E-state index in [-0.39, 0.29) is 23.9 Å². The van der Waals surface area contributed by atoms with E-state index >= 15 is 0 Å². The summed E-state index contributed by atoms with van der Waals surface area (Å²) in [5.41, 5.74) is 1.24. The fraction of sp³-hybridized carbons (Fsp3) is 0.357. The number of piperidine rings is 1. The van der Waals surface area contributed by atoms with Crippen LogP contribution < -0.4 is 10.6 Å². The summed E-state index contributed by atoms with van der Waals surface area (Å²) in [6, 6.07) is 1.06. The topological polar surface area (TPSA) is 91.8 Å². The number of rotatable bonds is 3. The predicted molar refractivity (Wildman–Crippen MR) is 80.4 cm³/mol. The number of nitrogens with zero attached hydrogens (tertiary/aromatic N) is 2. The molecule has 116 valence electrons. The van der Waals surface area contributed by atoms with E-state index < -0.39 is 0 Å². The maximum absolute atomic E-state index is 12.3. The predicted octanol–water partition coefficient (Wildman–Crippen LogP) is 1.15. The Kier molecular flexibility index (Phi) is 3.89. The minimum absolute atomic E-state index is 0.0281. The molecule has 1 aliphatic rings. The molecule has 22 heavy (non-hydrogen) atoms. The lowest BCUT2D eigenvalue weighted by molar-refractivity contribution is -0.123. The third kappa shape index (κ3) is 2.85. The average molecular weight is 322 g/mol. The van der Waals surface area contributed by atoms with Crippen molar-refractivity contribution in [2.75, 3.05) is 0 Å². The van der Waals surface area contributed by atoms with Gasteiger partial charge in [-0.3, -0.25) is 9.59 Å². The molecule has 2 aromatic heterocycles. The van der Waals surface area contributed by atoms with Gasteiger partial charge in [-0.05, 0) is 12.5 Å². The van der Waals surface area contributed by atoms with E-state index in [1.54, 1.807) is 24.8 Å². The number of aryl methyl sites for hydroxylation is 1. The van der Waals surface area contributed by atoms with Crippen LogP contribution >= 0.6 is 11.6 Å². The van der Waals surface area contributed by atoms with Crippen molar-refractivity contribution in [2.45, 2.75) is 24.9 Å². The zero-order valence-electron chi connectivity index (χ0n) is 12.0. The first kappa shape index (κ1) is 14.6. The molecule has 7 nitrogen and oxygen atoms in total. The van der Waals surface area contributed by atoms with E-state index in [9.17, 15) is 9.59 Å². The van der Waals surface area contributed by atoms with Crippen LogP contribution in [0, 0.1) is 0 Å². The molecule has 0 saturated carbocycles. The Bertz CT molecular complexity index is 708. The molecule has 2 atom stereocenters. The monoisotopic (exact) mass is 321 g/mol. The zero-order chi connectivity index (χ0) is 15.7. The number of aromatic nitrogens is 3. The normalized spacial score (nSPS) is 21.5. The number of nitrogens with one attached hydrogen (secondary N) is 3. The summed E-state index contributed by atoms with van der Waals surface area (Å²) in [6.07, 6.45) is 5.87. The maximum Gasteiger partial charge on any atom is 0.268 e. The van der Waals surface area contributed by atoms with Crippen LogP contribution in [-0.4, -0.2) is 32.4 Å². The van der Waals surface area contributed by atoms with Crippen molar-refractivity contribution < 1.29 is 9.59 Å². The summed E-state index contributed by atoms with van der Waals surface area (Å²) in [5, 5.41) is 6.35. The molecular weight excluding hydrogens is 306 g/mol. The number of aromatic amines is 1. The van der Waals surface area contributed by atoms with Crippen molar-refractivity contribution in [2.24, 2.45) is 7.05 Å². The summed E-state index contributed by atoms with van der Waals surface area (Å²) in [6.45, 7) is 0. The molecule has 0 unspecified atom stereocenters. The third-order valence-corrected chi connectivity index (χ3v) is 4.00. The molecule has 1 saturated heterocycles. The van der Waals surface area contributed by atoms with Gasteiger partial charge in [0, 0.05) is 19.7 Å². The van der Waals surface area contributed by atoms with Crippen LogP contribution in [0.5, 0.6) is 0 Å². The fourth-order valence-corrected chi connectivity index (χ4v) is 2.81. The van der Waals surface area contributed by atoms with Gasteiger partial charge < -0.3 is 20.2 Å². The van der Waals surface area contributed by atoms with E-state index in [0.29, 0.717) is 23.6 Å². The Labute approximate surface area is 132 Å². The maximum atomic E-state index is 12.3. The number of hydrogen-bond acceptors (Lipinski definition) is 3. The van der Waals surface area contributed by atoms with Gasteiger partial charge in [0.05, 0.1) is 35.3 Å². The number of carbonyl (C=O) groups excluding carboxylic acids is 2. The van der Waals surface area contributed by atoms with E-state index in [1.807, 2.05) is 11.6 Å². The van der Waals surface area contributed by atoms with Crippen LogP contribution in [0.15, 0.2) is 24.8 Å². The van der Waals surface area contributed by atoms with Crippen molar-refractivity contribution in [3.05, 3.63) is 41.2 Å². The van der Waals surface area contributed by atoms with E-state index in [2.05, 4.69) is 20.6 Å². The highest BCUT2D eigenvalue weighted by atomic mass is 35.5. The summed E-state index contributed by atoms with van der Waals surface area (Å²) >= 11 is 5.82. The van der Waals surface area contributed by atoms with Gasteiger partial charge in [-0.15, -0.1) is 0 Å². The van der Waals surface area contributed by atoms with Crippen LogP contribution in [0.3, 0.4) is 0 Å². The zero-order valence-corrected chi connectivity index (χ0v) is 12.7. The van der Waals surface area contributed by atoms with Crippen molar-refractivity contribution in [1.82, 2.24) is 25.2 Å². The molecule has 0 bridgehead atoms. The average Bonchev–Trinajstić information content (AvgIpc) is 3.09. The summed E-state index contributed by atoms with van der Waals surface area (Å²) in [7, 11) is 1.85. The Hall–Kier alpha value is -2.28. The van der Waals surface area contributed by atoms with Crippen molar-refractivity contribution in [3.8, 4) is 0 Å². The second kappa shape index (κ2) is 5.84. The van der Waals surface area contributed by atoms with Gasteiger partial charge in [0.25, 0.3) is 5.91 Å². The van der Waals surface area contributed by atoms with E-state index in [0.717, 1.165) is 5.69 Å². The van der Waals surface area contributed by atoms with Gasteiger partial charge in [-0.25, -0.2) is 4.98 Å². The quantitative estimate of drug-likeness (QED) is 0.792. The molecule has 1 fully saturated rings. The van der Waals surface area contributed by atoms with Gasteiger partial charge in [0.15, 0.2) is 0 Å². The van der Waals surface area contributed by atoms with Gasteiger partial charge in [-0.1, -0.05) is 11.6 Å². The van der Waals surface area contributed by atoms with Crippen LogP contribution in [0.4, 0.5) is 0 Å². The molecule has 0 radical (unpaired) electrons. The molecular formula is C14H16ClN5O2. The first-order valence-electron chi connectivity index (χ1n) is 6.95. The van der Waals surface area contributed by atoms with Crippen molar-refractivity contribution in [1.29, 1.82) is 0 Å². The van der Waals surface area contributed by atoms with Crippen LogP contribution in [0.2, 0.25) is 5.02 Å². The largest absolute Gasteiger partial charge is 0.356 e. The molecule has 2 amide bonds. The molecule has 1 aliphatic heterocycles. The molecule has 3 rings (SSSR count). The molecule has 3 heterocycles. The lowest BCUT2D eigenvalue weighted by Gasteiger charge is -2.32. The van der Waals surface area contributed by atoms with Crippen LogP contribution in [0.1, 0.15) is 35.1 Å². The number of H-pyrrole nitrogens is 1. The highest BCUT2D eigenvalue weighted by molar-refractivity contribution is 6.30. The number of imidazole rings is 1. The van der Waals surface area contributed by atoms with Crippen LogP contribution in [-0.2, 0) is 11.8 Å². The summed E-state index contributed by atoms with van der Waals surface area (Å²) < 4.78 is 1.83. The van der Waals surface area contributed by atoms with Crippen LogP contribution in [0.25, 0.3) is 0 Å². The second-order valence-corrected chi connectivity index (χ2v) is 5.76. The number of halogens is 1. The molecule has 0 spiro atoms. The molecule has 8 heteroatoms. The lowest BCUT2D eigenvalue weighted by Crippen LogP contribution is -2.50. The number of hydrogen-bond donors (Lipinski definition) is 3. The SMILES string of the molecule is Cn1cncc1[C@@H]1NC(=O)CC[C@H]1NC(=O)c1cc(Cl)c[nH]1. The van der Waals surface area contributed by atoms with E-state index in [1.165, 1.54) is 0 Å². The Morgan fingerprint density at radius 1 is 1.55 bits per heavy atom.